The first-order valence-electron chi connectivity index (χ1n) is 10.0. The number of thiazole rings is 1. The summed E-state index contributed by atoms with van der Waals surface area (Å²) in [4.78, 5) is 21.4. The number of benzene rings is 1. The summed E-state index contributed by atoms with van der Waals surface area (Å²) in [5, 5.41) is 5.52. The maximum atomic E-state index is 13.0. The first-order valence-corrected chi connectivity index (χ1v) is 10.9. The van der Waals surface area contributed by atoms with Gasteiger partial charge < -0.3 is 5.32 Å². The van der Waals surface area contributed by atoms with Crippen molar-refractivity contribution in [1.29, 1.82) is 0 Å². The first kappa shape index (κ1) is 19.4. The summed E-state index contributed by atoms with van der Waals surface area (Å²) in [6.45, 7) is 0. The number of nitrogens with zero attached hydrogens (tertiary/aromatic N) is 2. The summed E-state index contributed by atoms with van der Waals surface area (Å²) in [5.74, 6) is 6.69. The molecule has 0 aliphatic heterocycles. The number of anilines is 1. The maximum absolute atomic E-state index is 13.0. The van der Waals surface area contributed by atoms with Gasteiger partial charge in [-0.3, -0.25) is 4.79 Å². The molecule has 1 N–H and O–H groups in total. The van der Waals surface area contributed by atoms with Crippen LogP contribution in [0.4, 0.5) is 5.13 Å². The molecule has 1 aliphatic rings. The van der Waals surface area contributed by atoms with Crippen molar-refractivity contribution in [2.45, 2.75) is 38.0 Å². The molecule has 29 heavy (non-hydrogen) atoms. The van der Waals surface area contributed by atoms with Crippen LogP contribution in [0.3, 0.4) is 0 Å². The van der Waals surface area contributed by atoms with E-state index in [0.717, 1.165) is 23.2 Å². The summed E-state index contributed by atoms with van der Waals surface area (Å²) in [6.07, 6.45) is 9.31. The summed E-state index contributed by atoms with van der Waals surface area (Å²) in [6, 6.07) is 13.7. The second kappa shape index (κ2) is 9.49. The zero-order valence-electron chi connectivity index (χ0n) is 16.2. The van der Waals surface area contributed by atoms with Crippen LogP contribution in [0.25, 0.3) is 0 Å². The van der Waals surface area contributed by atoms with Crippen molar-refractivity contribution in [3.05, 3.63) is 77.1 Å². The third kappa shape index (κ3) is 5.30. The third-order valence-corrected chi connectivity index (χ3v) is 6.02. The minimum atomic E-state index is -0.167. The van der Waals surface area contributed by atoms with Gasteiger partial charge in [0, 0.05) is 23.3 Å². The van der Waals surface area contributed by atoms with Crippen molar-refractivity contribution in [2.75, 3.05) is 5.32 Å². The molecule has 5 heteroatoms. The number of hydrogen-bond acceptors (Lipinski definition) is 4. The largest absolute Gasteiger partial charge is 0.301 e. The molecular formula is C24H23N3OS. The maximum Gasteiger partial charge on any atom is 0.233 e. The standard InChI is InChI=1S/C24H23N3OS/c28-23(27-24-26-15-16-29-24)22(17-19-5-1-2-6-19)20-11-8-18(9-12-20)10-13-21-7-3-4-14-25-21/h3-4,7-9,11-12,14-16,19,22H,1-2,5-6,17H2,(H,26,27,28). The van der Waals surface area contributed by atoms with Crippen LogP contribution in [-0.4, -0.2) is 15.9 Å². The molecule has 1 amide bonds. The molecule has 0 saturated heterocycles. The van der Waals surface area contributed by atoms with Crippen LogP contribution < -0.4 is 5.32 Å². The lowest BCUT2D eigenvalue weighted by molar-refractivity contribution is -0.118. The molecule has 4 rings (SSSR count). The predicted octanol–water partition coefficient (Wildman–Crippen LogP) is 5.24. The first-order chi connectivity index (χ1) is 14.3. The van der Waals surface area contributed by atoms with Gasteiger partial charge in [-0.25, -0.2) is 9.97 Å². The number of amides is 1. The van der Waals surface area contributed by atoms with E-state index in [1.807, 2.05) is 47.8 Å². The SMILES string of the molecule is O=C(Nc1nccs1)C(CC1CCCC1)c1ccc(C#Cc2ccccn2)cc1. The van der Waals surface area contributed by atoms with E-state index in [9.17, 15) is 4.79 Å². The molecular weight excluding hydrogens is 378 g/mol. The van der Waals surface area contributed by atoms with Gasteiger partial charge in [-0.05, 0) is 48.1 Å². The minimum Gasteiger partial charge on any atom is -0.301 e. The van der Waals surface area contributed by atoms with Crippen LogP contribution in [0.2, 0.25) is 0 Å². The van der Waals surface area contributed by atoms with E-state index >= 15 is 0 Å². The molecule has 1 aliphatic carbocycles. The Hall–Kier alpha value is -2.97. The molecule has 0 radical (unpaired) electrons. The Kier molecular flexibility index (Phi) is 6.33. The van der Waals surface area contributed by atoms with Crippen molar-refractivity contribution in [1.82, 2.24) is 9.97 Å². The lowest BCUT2D eigenvalue weighted by Gasteiger charge is -2.20. The lowest BCUT2D eigenvalue weighted by atomic mass is 9.87. The molecule has 1 unspecified atom stereocenters. The molecule has 146 valence electrons. The van der Waals surface area contributed by atoms with Crippen molar-refractivity contribution in [3.63, 3.8) is 0 Å². The number of hydrogen-bond donors (Lipinski definition) is 1. The zero-order valence-corrected chi connectivity index (χ0v) is 17.0. The fraction of sp³-hybridized carbons (Fsp3) is 0.292. The number of pyridine rings is 1. The monoisotopic (exact) mass is 401 g/mol. The molecule has 0 bridgehead atoms. The molecule has 4 nitrogen and oxygen atoms in total. The summed E-state index contributed by atoms with van der Waals surface area (Å²) in [5.41, 5.74) is 2.70. The van der Waals surface area contributed by atoms with Gasteiger partial charge in [0.2, 0.25) is 5.91 Å². The normalized spacial score (nSPS) is 14.8. The average molecular weight is 402 g/mol. The van der Waals surface area contributed by atoms with Crippen molar-refractivity contribution in [3.8, 4) is 11.8 Å². The zero-order chi connectivity index (χ0) is 19.9. The van der Waals surface area contributed by atoms with Gasteiger partial charge in [0.15, 0.2) is 5.13 Å². The van der Waals surface area contributed by atoms with Crippen LogP contribution in [-0.2, 0) is 4.79 Å². The number of carbonyl (C=O) groups excluding carboxylic acids is 1. The Bertz CT molecular complexity index is 982. The van der Waals surface area contributed by atoms with Crippen molar-refractivity contribution < 1.29 is 4.79 Å². The van der Waals surface area contributed by atoms with Gasteiger partial charge in [-0.2, -0.15) is 0 Å². The quantitative estimate of drug-likeness (QED) is 0.595. The molecule has 1 atom stereocenters. The molecule has 1 saturated carbocycles. The van der Waals surface area contributed by atoms with Crippen LogP contribution in [0.5, 0.6) is 0 Å². The van der Waals surface area contributed by atoms with Crippen LogP contribution in [0, 0.1) is 17.8 Å². The highest BCUT2D eigenvalue weighted by Crippen LogP contribution is 2.35. The number of aromatic nitrogens is 2. The Labute approximate surface area is 175 Å². The van der Waals surface area contributed by atoms with Crippen LogP contribution >= 0.6 is 11.3 Å². The second-order valence-electron chi connectivity index (χ2n) is 7.35. The third-order valence-electron chi connectivity index (χ3n) is 5.34. The van der Waals surface area contributed by atoms with E-state index in [0.29, 0.717) is 11.0 Å². The highest BCUT2D eigenvalue weighted by molar-refractivity contribution is 7.13. The molecule has 1 aromatic carbocycles. The molecule has 2 aromatic heterocycles. The van der Waals surface area contributed by atoms with Crippen molar-refractivity contribution in [2.24, 2.45) is 5.92 Å². The van der Waals surface area contributed by atoms with Gasteiger partial charge in [-0.1, -0.05) is 49.8 Å². The van der Waals surface area contributed by atoms with Crippen LogP contribution in [0.1, 0.15) is 54.8 Å². The summed E-state index contributed by atoms with van der Waals surface area (Å²) < 4.78 is 0. The summed E-state index contributed by atoms with van der Waals surface area (Å²) in [7, 11) is 0. The summed E-state index contributed by atoms with van der Waals surface area (Å²) >= 11 is 1.45. The minimum absolute atomic E-state index is 0.0270. The Morgan fingerprint density at radius 3 is 2.59 bits per heavy atom. The van der Waals surface area contributed by atoms with Gasteiger partial charge in [0.1, 0.15) is 5.69 Å². The number of rotatable bonds is 5. The molecule has 0 spiro atoms. The highest BCUT2D eigenvalue weighted by atomic mass is 32.1. The van der Waals surface area contributed by atoms with E-state index < -0.39 is 0 Å². The smallest absolute Gasteiger partial charge is 0.233 e. The van der Waals surface area contributed by atoms with E-state index in [4.69, 9.17) is 0 Å². The van der Waals surface area contributed by atoms with E-state index in [1.54, 1.807) is 12.4 Å². The highest BCUT2D eigenvalue weighted by Gasteiger charge is 2.27. The van der Waals surface area contributed by atoms with E-state index in [1.165, 1.54) is 37.0 Å². The second-order valence-corrected chi connectivity index (χ2v) is 8.25. The average Bonchev–Trinajstić information content (AvgIpc) is 3.46. The van der Waals surface area contributed by atoms with Crippen molar-refractivity contribution >= 4 is 22.4 Å². The predicted molar refractivity (Wildman–Crippen MR) is 117 cm³/mol. The molecule has 2 heterocycles. The Morgan fingerprint density at radius 2 is 1.90 bits per heavy atom. The van der Waals surface area contributed by atoms with Gasteiger partial charge in [0.25, 0.3) is 0 Å². The number of nitrogens with one attached hydrogen (secondary N) is 1. The molecule has 1 fully saturated rings. The number of carbonyl (C=O) groups is 1. The topological polar surface area (TPSA) is 54.9 Å². The van der Waals surface area contributed by atoms with Gasteiger partial charge >= 0.3 is 0 Å². The lowest BCUT2D eigenvalue weighted by Crippen LogP contribution is -2.23. The van der Waals surface area contributed by atoms with E-state index in [2.05, 4.69) is 27.1 Å². The van der Waals surface area contributed by atoms with Crippen LogP contribution in [0.15, 0.2) is 60.2 Å². The Morgan fingerprint density at radius 1 is 1.07 bits per heavy atom. The van der Waals surface area contributed by atoms with E-state index in [-0.39, 0.29) is 11.8 Å². The fourth-order valence-electron chi connectivity index (χ4n) is 3.82. The fourth-order valence-corrected chi connectivity index (χ4v) is 4.36. The van der Waals surface area contributed by atoms with Gasteiger partial charge in [0.05, 0.1) is 5.92 Å². The van der Waals surface area contributed by atoms with Gasteiger partial charge in [-0.15, -0.1) is 11.3 Å². The Balaban J connectivity index is 1.51. The molecule has 3 aromatic rings.